The molecule has 1 aliphatic heterocycles. The predicted octanol–water partition coefficient (Wildman–Crippen LogP) is 16.9. The second-order valence-corrected chi connectivity index (χ2v) is 19.5. The Balaban J connectivity index is 1.04. The fraction of sp³-hybridized carbons (Fsp3) is 0.0294. The average Bonchev–Trinajstić information content (AvgIpc) is 4.12. The van der Waals surface area contributed by atoms with Crippen LogP contribution in [0.5, 0.6) is 0 Å². The standard InChI is InChI=1S/C68H42N2/c1-2-19-43(20-3-1)44-21-18-22-45(39-44)69(46-37-38-53-52-27-8-12-31-58(52)67(62(53)41-46)56-29-10-4-23-48(56)49-24-5-11-30-57(49)67)47-40-55-54-28-9-16-35-64(54)70-65-36-17-15-34-61(65)68(63(42-47)66(55)70)59-32-13-6-25-50(59)51-26-7-14-33-60(51)68/h1-42H. The molecular weight excluding hydrogens is 845 g/mol. The Kier molecular flexibility index (Phi) is 7.51. The lowest BCUT2D eigenvalue weighted by molar-refractivity contribution is 0.748. The molecule has 11 aromatic carbocycles. The van der Waals surface area contributed by atoms with Gasteiger partial charge in [0.15, 0.2) is 0 Å². The first-order valence-corrected chi connectivity index (χ1v) is 24.5. The van der Waals surface area contributed by atoms with E-state index in [1.54, 1.807) is 0 Å². The number of benzene rings is 11. The average molecular weight is 887 g/mol. The highest BCUT2D eigenvalue weighted by Crippen LogP contribution is 2.65. The molecule has 0 saturated carbocycles. The van der Waals surface area contributed by atoms with Gasteiger partial charge < -0.3 is 9.47 Å². The molecule has 0 radical (unpaired) electrons. The Labute approximate surface area is 406 Å². The molecule has 0 unspecified atom stereocenters. The molecule has 12 aromatic rings. The molecule has 0 amide bonds. The summed E-state index contributed by atoms with van der Waals surface area (Å²) >= 11 is 0. The van der Waals surface area contributed by atoms with E-state index >= 15 is 0 Å². The molecule has 70 heavy (non-hydrogen) atoms. The van der Waals surface area contributed by atoms with Gasteiger partial charge in [-0.25, -0.2) is 0 Å². The summed E-state index contributed by atoms with van der Waals surface area (Å²) in [5.41, 5.74) is 26.7. The van der Waals surface area contributed by atoms with Crippen LogP contribution < -0.4 is 4.90 Å². The van der Waals surface area contributed by atoms with Crippen LogP contribution in [0.1, 0.15) is 44.5 Å². The Morgan fingerprint density at radius 3 is 1.34 bits per heavy atom. The molecule has 2 nitrogen and oxygen atoms in total. The lowest BCUT2D eigenvalue weighted by atomic mass is 9.65. The Morgan fingerprint density at radius 2 is 0.729 bits per heavy atom. The zero-order chi connectivity index (χ0) is 45.7. The Morgan fingerprint density at radius 1 is 0.271 bits per heavy atom. The molecule has 3 aliphatic carbocycles. The van der Waals surface area contributed by atoms with Crippen LogP contribution >= 0.6 is 0 Å². The smallest absolute Gasteiger partial charge is 0.0755 e. The highest BCUT2D eigenvalue weighted by molar-refractivity contribution is 6.14. The molecular formula is C68H42N2. The third-order valence-corrected chi connectivity index (χ3v) is 16.4. The van der Waals surface area contributed by atoms with Gasteiger partial charge in [-0.3, -0.25) is 0 Å². The summed E-state index contributed by atoms with van der Waals surface area (Å²) in [5, 5.41) is 2.49. The molecule has 0 saturated heterocycles. The molecule has 2 heteroatoms. The van der Waals surface area contributed by atoms with Crippen molar-refractivity contribution in [3.8, 4) is 50.2 Å². The van der Waals surface area contributed by atoms with E-state index in [0.717, 1.165) is 17.1 Å². The molecule has 4 aliphatic rings. The van der Waals surface area contributed by atoms with Gasteiger partial charge in [0, 0.05) is 27.8 Å². The first-order valence-electron chi connectivity index (χ1n) is 24.5. The highest BCUT2D eigenvalue weighted by Gasteiger charge is 2.53. The molecule has 0 fully saturated rings. The fourth-order valence-electron chi connectivity index (χ4n) is 13.8. The van der Waals surface area contributed by atoms with Gasteiger partial charge in [-0.1, -0.05) is 206 Å². The van der Waals surface area contributed by atoms with Crippen LogP contribution in [0.4, 0.5) is 17.1 Å². The minimum atomic E-state index is -0.582. The molecule has 16 rings (SSSR count). The van der Waals surface area contributed by atoms with Crippen LogP contribution in [0.2, 0.25) is 0 Å². The maximum atomic E-state index is 2.56. The van der Waals surface area contributed by atoms with Crippen molar-refractivity contribution in [3.05, 3.63) is 299 Å². The van der Waals surface area contributed by atoms with E-state index in [4.69, 9.17) is 0 Å². The van der Waals surface area contributed by atoms with Crippen LogP contribution in [-0.4, -0.2) is 4.57 Å². The van der Waals surface area contributed by atoms with Gasteiger partial charge in [0.05, 0.1) is 27.6 Å². The van der Waals surface area contributed by atoms with Gasteiger partial charge >= 0.3 is 0 Å². The number of nitrogens with zero attached hydrogens (tertiary/aromatic N) is 2. The van der Waals surface area contributed by atoms with Gasteiger partial charge in [0.1, 0.15) is 0 Å². The molecule has 0 bridgehead atoms. The summed E-state index contributed by atoms with van der Waals surface area (Å²) in [5.74, 6) is 0. The van der Waals surface area contributed by atoms with Crippen molar-refractivity contribution < 1.29 is 0 Å². The summed E-state index contributed by atoms with van der Waals surface area (Å²) < 4.78 is 2.56. The SMILES string of the molecule is c1ccc(-c2cccc(N(c3ccc4c(c3)C3(c5ccccc5-c5ccccc53)c3ccccc3-4)c3cc4c5c(c3)c3ccccc3n5-c3ccccc3C43c4ccccc4-c4ccccc43)c2)cc1. The Bertz CT molecular complexity index is 4100. The van der Waals surface area contributed by atoms with Crippen LogP contribution in [0.15, 0.2) is 255 Å². The third kappa shape index (κ3) is 4.64. The van der Waals surface area contributed by atoms with Crippen molar-refractivity contribution in [3.63, 3.8) is 0 Å². The van der Waals surface area contributed by atoms with E-state index in [1.807, 2.05) is 0 Å². The van der Waals surface area contributed by atoms with E-state index in [0.29, 0.717) is 0 Å². The monoisotopic (exact) mass is 886 g/mol. The first kappa shape index (κ1) is 38.0. The molecule has 0 atom stereocenters. The second kappa shape index (κ2) is 13.8. The molecule has 2 spiro atoms. The lowest BCUT2D eigenvalue weighted by Crippen LogP contribution is -2.33. The fourth-order valence-corrected chi connectivity index (χ4v) is 13.8. The quantitative estimate of drug-likeness (QED) is 0.171. The van der Waals surface area contributed by atoms with Gasteiger partial charge in [0.2, 0.25) is 0 Å². The molecule has 1 aromatic heterocycles. The van der Waals surface area contributed by atoms with E-state index in [9.17, 15) is 0 Å². The van der Waals surface area contributed by atoms with E-state index in [2.05, 4.69) is 264 Å². The highest BCUT2D eigenvalue weighted by atomic mass is 15.1. The van der Waals surface area contributed by atoms with E-state index in [-0.39, 0.29) is 0 Å². The zero-order valence-electron chi connectivity index (χ0n) is 38.1. The number of aromatic nitrogens is 1. The van der Waals surface area contributed by atoms with Gasteiger partial charge in [-0.15, -0.1) is 0 Å². The van der Waals surface area contributed by atoms with Crippen molar-refractivity contribution >= 4 is 38.9 Å². The minimum Gasteiger partial charge on any atom is -0.310 e. The second-order valence-electron chi connectivity index (χ2n) is 19.5. The number of hydrogen-bond acceptors (Lipinski definition) is 1. The number of hydrogen-bond donors (Lipinski definition) is 0. The number of fused-ring (bicyclic) bond motifs is 22. The maximum Gasteiger partial charge on any atom is 0.0755 e. The van der Waals surface area contributed by atoms with Crippen molar-refractivity contribution in [2.45, 2.75) is 10.8 Å². The largest absolute Gasteiger partial charge is 0.310 e. The maximum absolute atomic E-state index is 2.56. The zero-order valence-corrected chi connectivity index (χ0v) is 38.1. The van der Waals surface area contributed by atoms with E-state index < -0.39 is 10.8 Å². The molecule has 0 N–H and O–H groups in total. The minimum absolute atomic E-state index is 0.485. The van der Waals surface area contributed by atoms with Gasteiger partial charge in [-0.05, 0) is 138 Å². The lowest BCUT2D eigenvalue weighted by Gasteiger charge is -2.40. The Hall–Kier alpha value is -8.98. The molecule has 324 valence electrons. The summed E-state index contributed by atoms with van der Waals surface area (Å²) in [6.07, 6.45) is 0. The number of rotatable bonds is 4. The third-order valence-electron chi connectivity index (χ3n) is 16.4. The number of para-hydroxylation sites is 2. The number of anilines is 3. The van der Waals surface area contributed by atoms with Crippen LogP contribution in [0, 0.1) is 0 Å². The van der Waals surface area contributed by atoms with Crippen molar-refractivity contribution in [1.29, 1.82) is 0 Å². The van der Waals surface area contributed by atoms with Crippen LogP contribution in [-0.2, 0) is 10.8 Å². The van der Waals surface area contributed by atoms with Crippen molar-refractivity contribution in [2.24, 2.45) is 0 Å². The van der Waals surface area contributed by atoms with Crippen LogP contribution in [0.3, 0.4) is 0 Å². The van der Waals surface area contributed by atoms with Crippen molar-refractivity contribution in [2.75, 3.05) is 4.90 Å². The van der Waals surface area contributed by atoms with Crippen LogP contribution in [0.25, 0.3) is 72.0 Å². The van der Waals surface area contributed by atoms with E-state index in [1.165, 1.54) is 117 Å². The van der Waals surface area contributed by atoms with Gasteiger partial charge in [0.25, 0.3) is 0 Å². The summed E-state index contributed by atoms with van der Waals surface area (Å²) in [6.45, 7) is 0. The summed E-state index contributed by atoms with van der Waals surface area (Å²) in [4.78, 5) is 2.55. The summed E-state index contributed by atoms with van der Waals surface area (Å²) in [6, 6.07) is 96.2. The van der Waals surface area contributed by atoms with Crippen molar-refractivity contribution in [1.82, 2.24) is 4.57 Å². The molecule has 2 heterocycles. The predicted molar refractivity (Wildman–Crippen MR) is 288 cm³/mol. The first-order chi connectivity index (χ1) is 34.7. The van der Waals surface area contributed by atoms with Gasteiger partial charge in [-0.2, -0.15) is 0 Å². The topological polar surface area (TPSA) is 8.17 Å². The summed E-state index contributed by atoms with van der Waals surface area (Å²) in [7, 11) is 0. The normalized spacial score (nSPS) is 14.2.